The number of halogens is 2. The summed E-state index contributed by atoms with van der Waals surface area (Å²) in [5.74, 6) is -0.888. The number of carbonyl (C=O) groups is 1. The fourth-order valence-electron chi connectivity index (χ4n) is 2.73. The molecule has 29 heavy (non-hydrogen) atoms. The van der Waals surface area contributed by atoms with Gasteiger partial charge in [-0.25, -0.2) is 12.8 Å². The molecule has 0 aromatic heterocycles. The molecule has 0 fully saturated rings. The summed E-state index contributed by atoms with van der Waals surface area (Å²) in [4.78, 5) is 12.4. The second-order valence-corrected chi connectivity index (χ2v) is 8.69. The first kappa shape index (κ1) is 20.8. The lowest BCUT2D eigenvalue weighted by atomic mass is 10.1. The zero-order valence-corrected chi connectivity index (χ0v) is 17.0. The second-order valence-electron chi connectivity index (χ2n) is 6.37. The summed E-state index contributed by atoms with van der Waals surface area (Å²) >= 11 is 6.16. The normalized spacial score (nSPS) is 11.1. The SMILES string of the molecule is CS(=O)(=O)N(Cc1ccccc1Cl)c1ccc(C(=O)Nc2cccc(F)c2)cc1. The van der Waals surface area contributed by atoms with E-state index in [4.69, 9.17) is 11.6 Å². The Morgan fingerprint density at radius 3 is 2.34 bits per heavy atom. The van der Waals surface area contributed by atoms with Crippen LogP contribution in [0.1, 0.15) is 15.9 Å². The monoisotopic (exact) mass is 432 g/mol. The van der Waals surface area contributed by atoms with E-state index in [1.165, 1.54) is 34.6 Å². The minimum Gasteiger partial charge on any atom is -0.322 e. The summed E-state index contributed by atoms with van der Waals surface area (Å²) < 4.78 is 39.1. The van der Waals surface area contributed by atoms with Crippen LogP contribution in [0.25, 0.3) is 0 Å². The minimum atomic E-state index is -3.59. The molecule has 3 aromatic carbocycles. The van der Waals surface area contributed by atoms with E-state index in [1.54, 1.807) is 42.5 Å². The van der Waals surface area contributed by atoms with Gasteiger partial charge in [-0.15, -0.1) is 0 Å². The van der Waals surface area contributed by atoms with Crippen molar-refractivity contribution in [1.29, 1.82) is 0 Å². The summed E-state index contributed by atoms with van der Waals surface area (Å²) in [5.41, 5.74) is 1.70. The Morgan fingerprint density at radius 1 is 1.03 bits per heavy atom. The molecule has 0 aliphatic carbocycles. The Hall–Kier alpha value is -2.90. The molecule has 1 N–H and O–H groups in total. The molecule has 0 unspecified atom stereocenters. The highest BCUT2D eigenvalue weighted by Crippen LogP contribution is 2.24. The number of nitrogens with zero attached hydrogens (tertiary/aromatic N) is 1. The van der Waals surface area contributed by atoms with Gasteiger partial charge in [-0.1, -0.05) is 35.9 Å². The number of amides is 1. The van der Waals surface area contributed by atoms with Gasteiger partial charge in [0.25, 0.3) is 5.91 Å². The highest BCUT2D eigenvalue weighted by molar-refractivity contribution is 7.92. The van der Waals surface area contributed by atoms with Gasteiger partial charge >= 0.3 is 0 Å². The van der Waals surface area contributed by atoms with Crippen LogP contribution in [0.3, 0.4) is 0 Å². The number of benzene rings is 3. The number of rotatable bonds is 6. The van der Waals surface area contributed by atoms with Crippen LogP contribution in [0, 0.1) is 5.82 Å². The fraction of sp³-hybridized carbons (Fsp3) is 0.0952. The van der Waals surface area contributed by atoms with Crippen LogP contribution in [-0.2, 0) is 16.6 Å². The lowest BCUT2D eigenvalue weighted by Gasteiger charge is -2.23. The van der Waals surface area contributed by atoms with Crippen molar-refractivity contribution in [3.8, 4) is 0 Å². The van der Waals surface area contributed by atoms with Gasteiger partial charge in [0.15, 0.2) is 0 Å². The number of nitrogens with one attached hydrogen (secondary N) is 1. The first-order valence-corrected chi connectivity index (χ1v) is 10.8. The predicted octanol–water partition coefficient (Wildman–Crippen LogP) is 4.70. The van der Waals surface area contributed by atoms with E-state index >= 15 is 0 Å². The molecule has 0 atom stereocenters. The second kappa shape index (κ2) is 8.63. The zero-order chi connectivity index (χ0) is 21.0. The maximum absolute atomic E-state index is 13.3. The summed E-state index contributed by atoms with van der Waals surface area (Å²) in [6.45, 7) is 0.0628. The predicted molar refractivity (Wildman–Crippen MR) is 113 cm³/mol. The van der Waals surface area contributed by atoms with Gasteiger partial charge in [-0.3, -0.25) is 9.10 Å². The molecule has 0 saturated heterocycles. The van der Waals surface area contributed by atoms with Crippen LogP contribution in [-0.4, -0.2) is 20.6 Å². The van der Waals surface area contributed by atoms with Gasteiger partial charge in [-0.2, -0.15) is 0 Å². The molecule has 0 bridgehead atoms. The van der Waals surface area contributed by atoms with E-state index < -0.39 is 21.7 Å². The number of carbonyl (C=O) groups excluding carboxylic acids is 1. The van der Waals surface area contributed by atoms with Crippen LogP contribution in [0.15, 0.2) is 72.8 Å². The summed E-state index contributed by atoms with van der Waals surface area (Å²) in [6.07, 6.45) is 1.11. The first-order chi connectivity index (χ1) is 13.7. The smallest absolute Gasteiger partial charge is 0.255 e. The number of sulfonamides is 1. The van der Waals surface area contributed by atoms with Gasteiger partial charge in [-0.05, 0) is 54.1 Å². The van der Waals surface area contributed by atoms with Gasteiger partial charge in [0.2, 0.25) is 10.0 Å². The molecule has 3 aromatic rings. The largest absolute Gasteiger partial charge is 0.322 e. The van der Waals surface area contributed by atoms with Gasteiger partial charge in [0.1, 0.15) is 5.82 Å². The number of hydrogen-bond donors (Lipinski definition) is 1. The van der Waals surface area contributed by atoms with Crippen LogP contribution in [0.5, 0.6) is 0 Å². The van der Waals surface area contributed by atoms with E-state index in [1.807, 2.05) is 0 Å². The molecule has 1 amide bonds. The van der Waals surface area contributed by atoms with E-state index in [2.05, 4.69) is 5.32 Å². The molecule has 0 spiro atoms. The van der Waals surface area contributed by atoms with E-state index in [9.17, 15) is 17.6 Å². The van der Waals surface area contributed by atoms with Crippen molar-refractivity contribution in [3.05, 3.63) is 94.8 Å². The molecule has 0 radical (unpaired) electrons. The Kier molecular flexibility index (Phi) is 6.20. The summed E-state index contributed by atoms with van der Waals surface area (Å²) in [5, 5.41) is 3.06. The lowest BCUT2D eigenvalue weighted by molar-refractivity contribution is 0.102. The fourth-order valence-corrected chi connectivity index (χ4v) is 3.80. The number of anilines is 2. The molecule has 0 aliphatic heterocycles. The third-order valence-corrected chi connectivity index (χ3v) is 5.68. The first-order valence-electron chi connectivity index (χ1n) is 8.62. The zero-order valence-electron chi connectivity index (χ0n) is 15.5. The van der Waals surface area contributed by atoms with Crippen molar-refractivity contribution < 1.29 is 17.6 Å². The molecule has 3 rings (SSSR count). The highest BCUT2D eigenvalue weighted by atomic mass is 35.5. The average molecular weight is 433 g/mol. The molecule has 0 aliphatic rings. The number of hydrogen-bond acceptors (Lipinski definition) is 3. The molecular formula is C21H18ClFN2O3S. The van der Waals surface area contributed by atoms with Crippen molar-refractivity contribution >= 4 is 38.9 Å². The van der Waals surface area contributed by atoms with Crippen molar-refractivity contribution in [2.45, 2.75) is 6.54 Å². The molecule has 0 saturated carbocycles. The Labute approximate surface area is 173 Å². The van der Waals surface area contributed by atoms with Crippen LogP contribution in [0.4, 0.5) is 15.8 Å². The third kappa shape index (κ3) is 5.34. The van der Waals surface area contributed by atoms with Crippen LogP contribution in [0.2, 0.25) is 5.02 Å². The van der Waals surface area contributed by atoms with Gasteiger partial charge in [0.05, 0.1) is 18.5 Å². The van der Waals surface area contributed by atoms with Crippen molar-refractivity contribution in [3.63, 3.8) is 0 Å². The summed E-state index contributed by atoms with van der Waals surface area (Å²) in [7, 11) is -3.59. The average Bonchev–Trinajstić information content (AvgIpc) is 2.66. The van der Waals surface area contributed by atoms with Crippen molar-refractivity contribution in [2.75, 3.05) is 15.9 Å². The topological polar surface area (TPSA) is 66.5 Å². The van der Waals surface area contributed by atoms with Gasteiger partial charge in [0, 0.05) is 16.3 Å². The minimum absolute atomic E-state index is 0.0628. The molecule has 0 heterocycles. The van der Waals surface area contributed by atoms with E-state index in [0.717, 1.165) is 6.26 Å². The van der Waals surface area contributed by atoms with Crippen molar-refractivity contribution in [2.24, 2.45) is 0 Å². The van der Waals surface area contributed by atoms with Gasteiger partial charge < -0.3 is 5.32 Å². The van der Waals surface area contributed by atoms with Crippen molar-refractivity contribution in [1.82, 2.24) is 0 Å². The Balaban J connectivity index is 1.82. The quantitative estimate of drug-likeness (QED) is 0.614. The molecule has 5 nitrogen and oxygen atoms in total. The third-order valence-electron chi connectivity index (χ3n) is 4.17. The summed E-state index contributed by atoms with van der Waals surface area (Å²) in [6, 6.07) is 18.6. The highest BCUT2D eigenvalue weighted by Gasteiger charge is 2.19. The Morgan fingerprint density at radius 2 is 1.72 bits per heavy atom. The van der Waals surface area contributed by atoms with E-state index in [0.29, 0.717) is 27.5 Å². The Bertz CT molecular complexity index is 1130. The lowest BCUT2D eigenvalue weighted by Crippen LogP contribution is -2.29. The molecule has 8 heteroatoms. The standard InChI is InChI=1S/C21H18ClFN2O3S/c1-29(27,28)25(14-16-5-2-3-8-20(16)22)19-11-9-15(10-12-19)21(26)24-18-7-4-6-17(23)13-18/h2-13H,14H2,1H3,(H,24,26). The maximum atomic E-state index is 13.3. The maximum Gasteiger partial charge on any atom is 0.255 e. The van der Waals surface area contributed by atoms with Crippen LogP contribution < -0.4 is 9.62 Å². The molecule has 150 valence electrons. The molecular weight excluding hydrogens is 415 g/mol. The van der Waals surface area contributed by atoms with E-state index in [-0.39, 0.29) is 6.54 Å². The van der Waals surface area contributed by atoms with Crippen LogP contribution >= 0.6 is 11.6 Å².